The lowest BCUT2D eigenvalue weighted by atomic mass is 10.00. The summed E-state index contributed by atoms with van der Waals surface area (Å²) in [7, 11) is 1.46. The molecule has 2 aromatic carbocycles. The van der Waals surface area contributed by atoms with Crippen molar-refractivity contribution < 1.29 is 22.8 Å². The average molecular weight is 547 g/mol. The number of halogens is 3. The Morgan fingerprint density at radius 1 is 1.05 bits per heavy atom. The molecule has 1 aliphatic rings. The number of fused-ring (bicyclic) bond motifs is 1. The van der Waals surface area contributed by atoms with Crippen molar-refractivity contribution in [3.8, 4) is 11.3 Å². The maximum Gasteiger partial charge on any atom is 0.417 e. The van der Waals surface area contributed by atoms with Crippen molar-refractivity contribution in [3.63, 3.8) is 0 Å². The number of imidazole rings is 1. The number of benzene rings is 2. The summed E-state index contributed by atoms with van der Waals surface area (Å²) in [4.78, 5) is 36.3. The minimum absolute atomic E-state index is 0.0358. The molecule has 3 N–H and O–H groups in total. The first kappa shape index (κ1) is 26.7. The van der Waals surface area contributed by atoms with Crippen molar-refractivity contribution in [2.24, 2.45) is 10.7 Å². The molecule has 1 aliphatic heterocycles. The number of pyridine rings is 1. The summed E-state index contributed by atoms with van der Waals surface area (Å²) in [5.74, 6) is -0.455. The number of alkyl halides is 3. The molecule has 0 unspecified atom stereocenters. The largest absolute Gasteiger partial charge is 0.417 e. The molecule has 0 spiro atoms. The molecule has 40 heavy (non-hydrogen) atoms. The fourth-order valence-electron chi connectivity index (χ4n) is 4.39. The smallest absolute Gasteiger partial charge is 0.398 e. The van der Waals surface area contributed by atoms with E-state index in [1.165, 1.54) is 19.3 Å². The third-order valence-corrected chi connectivity index (χ3v) is 6.60. The van der Waals surface area contributed by atoms with Gasteiger partial charge in [0.15, 0.2) is 0 Å². The van der Waals surface area contributed by atoms with Gasteiger partial charge in [-0.25, -0.2) is 4.98 Å². The number of nitrogens with two attached hydrogens (primary N) is 1. The Morgan fingerprint density at radius 3 is 2.45 bits per heavy atom. The molecule has 1 fully saturated rings. The Hall–Kier alpha value is -4.93. The standard InChI is InChI=1S/C29H25F3N6O2/c1-34-12-10-23(33)21-16-19(8-9-22(21)29(30,31)32)27(39)36-26-25(18-6-3-2-4-7-18)35-24-17-20(11-15-38(24)26)28(40)37-13-5-14-37/h2-4,6-12,15-17H,5,13-14,33H2,1H3,(H,36,39). The van der Waals surface area contributed by atoms with Crippen LogP contribution in [0.1, 0.15) is 38.3 Å². The molecule has 2 amide bonds. The van der Waals surface area contributed by atoms with E-state index >= 15 is 0 Å². The van der Waals surface area contributed by atoms with Gasteiger partial charge in [-0.3, -0.25) is 19.0 Å². The Morgan fingerprint density at radius 2 is 1.80 bits per heavy atom. The summed E-state index contributed by atoms with van der Waals surface area (Å²) in [6.07, 6.45) is 0.432. The van der Waals surface area contributed by atoms with Crippen LogP contribution in [0.4, 0.5) is 19.0 Å². The van der Waals surface area contributed by atoms with Gasteiger partial charge in [-0.1, -0.05) is 30.3 Å². The number of hydrogen-bond donors (Lipinski definition) is 2. The summed E-state index contributed by atoms with van der Waals surface area (Å²) in [6.45, 7) is 1.41. The second kappa shape index (κ2) is 10.7. The summed E-state index contributed by atoms with van der Waals surface area (Å²) in [5.41, 5.74) is 6.44. The van der Waals surface area contributed by atoms with Gasteiger partial charge in [-0.2, -0.15) is 13.2 Å². The lowest BCUT2D eigenvalue weighted by molar-refractivity contribution is -0.137. The van der Waals surface area contributed by atoms with Crippen LogP contribution in [0.15, 0.2) is 77.9 Å². The molecule has 11 heteroatoms. The van der Waals surface area contributed by atoms with Crippen LogP contribution in [0.5, 0.6) is 0 Å². The number of aromatic nitrogens is 2. The molecular weight excluding hydrogens is 521 g/mol. The van der Waals surface area contributed by atoms with E-state index in [0.29, 0.717) is 41.4 Å². The number of aliphatic imine (C=N–C) groups is 1. The number of nitrogens with zero attached hydrogens (tertiary/aromatic N) is 4. The predicted octanol–water partition coefficient (Wildman–Crippen LogP) is 5.12. The Kier molecular flexibility index (Phi) is 7.12. The molecule has 0 radical (unpaired) electrons. The number of carbonyl (C=O) groups is 2. The first-order valence-corrected chi connectivity index (χ1v) is 12.4. The highest BCUT2D eigenvalue weighted by Gasteiger charge is 2.34. The SMILES string of the molecule is CN=CC=C(N)c1cc(C(=O)Nc2c(-c3ccccc3)nc3cc(C(=O)N4CCC4)ccn23)ccc1C(F)(F)F. The Bertz CT molecular complexity index is 1650. The van der Waals surface area contributed by atoms with Gasteiger partial charge in [0.25, 0.3) is 11.8 Å². The summed E-state index contributed by atoms with van der Waals surface area (Å²) < 4.78 is 42.7. The maximum atomic E-state index is 13.7. The van der Waals surface area contributed by atoms with E-state index in [0.717, 1.165) is 24.6 Å². The minimum Gasteiger partial charge on any atom is -0.398 e. The van der Waals surface area contributed by atoms with Crippen LogP contribution < -0.4 is 11.1 Å². The van der Waals surface area contributed by atoms with Crippen molar-refractivity contribution in [2.75, 3.05) is 25.5 Å². The lowest BCUT2D eigenvalue weighted by Crippen LogP contribution is -2.42. The van der Waals surface area contributed by atoms with E-state index in [9.17, 15) is 22.8 Å². The average Bonchev–Trinajstić information content (AvgIpc) is 3.27. The van der Waals surface area contributed by atoms with Crippen LogP contribution >= 0.6 is 0 Å². The fourth-order valence-corrected chi connectivity index (χ4v) is 4.39. The van der Waals surface area contributed by atoms with Crippen LogP contribution in [0.3, 0.4) is 0 Å². The fraction of sp³-hybridized carbons (Fsp3) is 0.172. The van der Waals surface area contributed by atoms with Crippen LogP contribution in [0, 0.1) is 0 Å². The van der Waals surface area contributed by atoms with Crippen LogP contribution in [0.2, 0.25) is 0 Å². The summed E-state index contributed by atoms with van der Waals surface area (Å²) >= 11 is 0. The van der Waals surface area contributed by atoms with E-state index in [2.05, 4.69) is 15.3 Å². The van der Waals surface area contributed by atoms with Crippen molar-refractivity contribution >= 4 is 35.2 Å². The molecule has 0 saturated carbocycles. The third kappa shape index (κ3) is 5.18. The molecule has 8 nitrogen and oxygen atoms in total. The minimum atomic E-state index is -4.68. The second-order valence-corrected chi connectivity index (χ2v) is 9.21. The number of likely N-dealkylation sites (tertiary alicyclic amines) is 1. The van der Waals surface area contributed by atoms with Gasteiger partial charge in [0.1, 0.15) is 17.2 Å². The van der Waals surface area contributed by atoms with Crippen molar-refractivity contribution in [1.29, 1.82) is 0 Å². The van der Waals surface area contributed by atoms with Crippen LogP contribution in [-0.4, -0.2) is 52.5 Å². The van der Waals surface area contributed by atoms with E-state index in [1.807, 2.05) is 30.3 Å². The van der Waals surface area contributed by atoms with Gasteiger partial charge in [0.05, 0.1) is 5.56 Å². The topological polar surface area (TPSA) is 105 Å². The highest BCUT2D eigenvalue weighted by atomic mass is 19.4. The molecule has 204 valence electrons. The number of anilines is 1. The highest BCUT2D eigenvalue weighted by Crippen LogP contribution is 2.35. The lowest BCUT2D eigenvalue weighted by Gasteiger charge is -2.30. The van der Waals surface area contributed by atoms with Gasteiger partial charge in [-0.15, -0.1) is 0 Å². The molecule has 5 rings (SSSR count). The van der Waals surface area contributed by atoms with Gasteiger partial charge in [-0.05, 0) is 42.8 Å². The highest BCUT2D eigenvalue weighted by molar-refractivity contribution is 6.06. The molecule has 0 bridgehead atoms. The summed E-state index contributed by atoms with van der Waals surface area (Å²) in [5, 5.41) is 2.81. The zero-order valence-electron chi connectivity index (χ0n) is 21.4. The maximum absolute atomic E-state index is 13.7. The zero-order valence-corrected chi connectivity index (χ0v) is 21.4. The van der Waals surface area contributed by atoms with Gasteiger partial charge >= 0.3 is 6.18 Å². The first-order valence-electron chi connectivity index (χ1n) is 12.4. The predicted molar refractivity (Wildman–Crippen MR) is 147 cm³/mol. The van der Waals surface area contributed by atoms with Crippen molar-refractivity contribution in [3.05, 3.63) is 95.2 Å². The first-order chi connectivity index (χ1) is 19.2. The summed E-state index contributed by atoms with van der Waals surface area (Å²) in [6, 6.07) is 15.4. The Labute approximate surface area is 227 Å². The van der Waals surface area contributed by atoms with Gasteiger partial charge < -0.3 is 16.0 Å². The normalized spacial score (nSPS) is 14.0. The van der Waals surface area contributed by atoms with Crippen LogP contribution in [-0.2, 0) is 6.18 Å². The number of amides is 2. The second-order valence-electron chi connectivity index (χ2n) is 9.21. The number of hydrogen-bond acceptors (Lipinski definition) is 5. The van der Waals surface area contributed by atoms with E-state index in [4.69, 9.17) is 5.73 Å². The van der Waals surface area contributed by atoms with Gasteiger partial charge in [0.2, 0.25) is 0 Å². The van der Waals surface area contributed by atoms with Crippen LogP contribution in [0.25, 0.3) is 22.6 Å². The molecule has 0 atom stereocenters. The van der Waals surface area contributed by atoms with Crippen molar-refractivity contribution in [2.45, 2.75) is 12.6 Å². The molecule has 4 aromatic rings. The van der Waals surface area contributed by atoms with Crippen molar-refractivity contribution in [1.82, 2.24) is 14.3 Å². The molecule has 1 saturated heterocycles. The van der Waals surface area contributed by atoms with E-state index in [1.54, 1.807) is 27.6 Å². The quantitative estimate of drug-likeness (QED) is 0.328. The van der Waals surface area contributed by atoms with Gasteiger partial charge in [0, 0.05) is 60.5 Å². The number of rotatable bonds is 6. The third-order valence-electron chi connectivity index (χ3n) is 6.60. The molecular formula is C29H25F3N6O2. The number of carbonyl (C=O) groups excluding carboxylic acids is 2. The monoisotopic (exact) mass is 546 g/mol. The molecule has 0 aliphatic carbocycles. The van der Waals surface area contributed by atoms with E-state index in [-0.39, 0.29) is 22.7 Å². The zero-order chi connectivity index (χ0) is 28.4. The Balaban J connectivity index is 1.56. The number of nitrogens with one attached hydrogen (secondary N) is 1. The molecule has 2 aromatic heterocycles. The molecule has 3 heterocycles. The number of allylic oxidation sites excluding steroid dienone is 1. The van der Waals surface area contributed by atoms with E-state index < -0.39 is 17.6 Å².